The van der Waals surface area contributed by atoms with Crippen LogP contribution in [0, 0.1) is 5.92 Å². The quantitative estimate of drug-likeness (QED) is 0.612. The van der Waals surface area contributed by atoms with Gasteiger partial charge in [0.15, 0.2) is 0 Å². The van der Waals surface area contributed by atoms with Crippen LogP contribution in [0.2, 0.25) is 0 Å². The molecule has 1 amide bonds. The lowest BCUT2D eigenvalue weighted by atomic mass is 9.86. The highest BCUT2D eigenvalue weighted by Crippen LogP contribution is 2.22. The van der Waals surface area contributed by atoms with Crippen molar-refractivity contribution in [3.05, 3.63) is 0 Å². The van der Waals surface area contributed by atoms with E-state index in [2.05, 4.69) is 10.0 Å². The van der Waals surface area contributed by atoms with Gasteiger partial charge in [0.2, 0.25) is 15.9 Å². The zero-order chi connectivity index (χ0) is 13.6. The minimum Gasteiger partial charge on any atom is -0.355 e. The van der Waals surface area contributed by atoms with Crippen LogP contribution >= 0.6 is 0 Å². The van der Waals surface area contributed by atoms with E-state index in [1.165, 1.54) is 0 Å². The highest BCUT2D eigenvalue weighted by Gasteiger charge is 2.24. The molecule has 0 heterocycles. The lowest BCUT2D eigenvalue weighted by molar-refractivity contribution is -0.125. The molecule has 0 bridgehead atoms. The maximum Gasteiger partial charge on any atom is 0.223 e. The van der Waals surface area contributed by atoms with E-state index in [9.17, 15) is 13.2 Å². The number of rotatable bonds is 6. The third kappa shape index (κ3) is 5.32. The van der Waals surface area contributed by atoms with Gasteiger partial charge in [-0.2, -0.15) is 0 Å². The molecule has 1 saturated carbocycles. The average molecular weight is 277 g/mol. The maximum atomic E-state index is 11.8. The van der Waals surface area contributed by atoms with Crippen LogP contribution in [-0.4, -0.2) is 39.2 Å². The van der Waals surface area contributed by atoms with Gasteiger partial charge in [0.05, 0.1) is 5.75 Å². The van der Waals surface area contributed by atoms with Gasteiger partial charge >= 0.3 is 0 Å². The van der Waals surface area contributed by atoms with Crippen LogP contribution < -0.4 is 15.8 Å². The molecule has 1 rings (SSSR count). The Bertz CT molecular complexity index is 362. The zero-order valence-corrected chi connectivity index (χ0v) is 11.6. The second-order valence-electron chi connectivity index (χ2n) is 4.72. The topological polar surface area (TPSA) is 101 Å². The van der Waals surface area contributed by atoms with Crippen molar-refractivity contribution in [2.24, 2.45) is 11.7 Å². The van der Waals surface area contributed by atoms with Gasteiger partial charge in [0.1, 0.15) is 0 Å². The van der Waals surface area contributed by atoms with Crippen LogP contribution in [-0.2, 0) is 14.8 Å². The minimum absolute atomic E-state index is 0.00774. The van der Waals surface area contributed by atoms with Gasteiger partial charge in [0, 0.05) is 25.0 Å². The van der Waals surface area contributed by atoms with Crippen molar-refractivity contribution in [2.75, 3.05) is 18.8 Å². The highest BCUT2D eigenvalue weighted by atomic mass is 32.2. The van der Waals surface area contributed by atoms with E-state index < -0.39 is 10.0 Å². The number of hydrogen-bond acceptors (Lipinski definition) is 4. The third-order valence-electron chi connectivity index (χ3n) is 3.18. The van der Waals surface area contributed by atoms with E-state index in [1.807, 2.05) is 0 Å². The molecule has 0 radical (unpaired) electrons. The summed E-state index contributed by atoms with van der Waals surface area (Å²) >= 11 is 0. The summed E-state index contributed by atoms with van der Waals surface area (Å²) in [6.45, 7) is 2.26. The number of hydrogen-bond donors (Lipinski definition) is 3. The minimum atomic E-state index is -3.25. The SMILES string of the molecule is CCNS(=O)(=O)CCNC(=O)C1CCC(N)CC1. The lowest BCUT2D eigenvalue weighted by Crippen LogP contribution is -2.39. The Balaban J connectivity index is 2.25. The molecule has 0 aromatic carbocycles. The first-order valence-electron chi connectivity index (χ1n) is 6.45. The summed E-state index contributed by atoms with van der Waals surface area (Å²) < 4.78 is 25.1. The Hall–Kier alpha value is -0.660. The Kier molecular flexibility index (Phi) is 6.04. The summed E-state index contributed by atoms with van der Waals surface area (Å²) in [5.74, 6) is -0.126. The molecule has 0 aliphatic heterocycles. The average Bonchev–Trinajstić information content (AvgIpc) is 2.29. The number of carbonyl (C=O) groups is 1. The Labute approximate surface area is 109 Å². The van der Waals surface area contributed by atoms with Crippen LogP contribution in [0.1, 0.15) is 32.6 Å². The first-order chi connectivity index (χ1) is 8.44. The fourth-order valence-electron chi connectivity index (χ4n) is 2.13. The van der Waals surface area contributed by atoms with Crippen LogP contribution in [0.4, 0.5) is 0 Å². The predicted molar refractivity (Wildman–Crippen MR) is 70.4 cm³/mol. The standard InChI is InChI=1S/C11H23N3O3S/c1-2-14-18(16,17)8-7-13-11(15)9-3-5-10(12)6-4-9/h9-10,14H,2-8,12H2,1H3,(H,13,15). The molecule has 18 heavy (non-hydrogen) atoms. The van der Waals surface area contributed by atoms with Crippen molar-refractivity contribution in [3.8, 4) is 0 Å². The monoisotopic (exact) mass is 277 g/mol. The lowest BCUT2D eigenvalue weighted by Gasteiger charge is -2.25. The second-order valence-corrected chi connectivity index (χ2v) is 6.65. The van der Waals surface area contributed by atoms with E-state index in [1.54, 1.807) is 6.92 Å². The smallest absolute Gasteiger partial charge is 0.223 e. The fraction of sp³-hybridized carbons (Fsp3) is 0.909. The molecule has 0 aromatic heterocycles. The zero-order valence-electron chi connectivity index (χ0n) is 10.8. The van der Waals surface area contributed by atoms with Gasteiger partial charge in [-0.25, -0.2) is 13.1 Å². The highest BCUT2D eigenvalue weighted by molar-refractivity contribution is 7.89. The van der Waals surface area contributed by atoms with Gasteiger partial charge in [0.25, 0.3) is 0 Å². The maximum absolute atomic E-state index is 11.8. The van der Waals surface area contributed by atoms with Gasteiger partial charge in [-0.15, -0.1) is 0 Å². The summed E-state index contributed by atoms with van der Waals surface area (Å²) in [5, 5.41) is 2.68. The number of amides is 1. The molecule has 7 heteroatoms. The van der Waals surface area contributed by atoms with E-state index in [-0.39, 0.29) is 30.2 Å². The molecule has 4 N–H and O–H groups in total. The van der Waals surface area contributed by atoms with Crippen molar-refractivity contribution >= 4 is 15.9 Å². The van der Waals surface area contributed by atoms with Crippen LogP contribution in [0.25, 0.3) is 0 Å². The molecular weight excluding hydrogens is 254 g/mol. The van der Waals surface area contributed by atoms with Crippen molar-refractivity contribution < 1.29 is 13.2 Å². The van der Waals surface area contributed by atoms with Gasteiger partial charge in [-0.1, -0.05) is 6.92 Å². The van der Waals surface area contributed by atoms with Crippen LogP contribution in [0.5, 0.6) is 0 Å². The summed E-state index contributed by atoms with van der Waals surface area (Å²) in [6, 6.07) is 0.211. The van der Waals surface area contributed by atoms with E-state index in [0.29, 0.717) is 6.54 Å². The molecule has 106 valence electrons. The van der Waals surface area contributed by atoms with E-state index in [0.717, 1.165) is 25.7 Å². The largest absolute Gasteiger partial charge is 0.355 e. The summed E-state index contributed by atoms with van der Waals surface area (Å²) in [4.78, 5) is 11.8. The molecule has 1 fully saturated rings. The molecule has 0 saturated heterocycles. The van der Waals surface area contributed by atoms with Crippen molar-refractivity contribution in [3.63, 3.8) is 0 Å². The first kappa shape index (κ1) is 15.4. The normalized spacial score (nSPS) is 24.8. The van der Waals surface area contributed by atoms with Gasteiger partial charge in [-0.3, -0.25) is 4.79 Å². The number of carbonyl (C=O) groups excluding carboxylic acids is 1. The molecular formula is C11H23N3O3S. The summed E-state index contributed by atoms with van der Waals surface area (Å²) in [5.41, 5.74) is 5.77. The Morgan fingerprint density at radius 1 is 1.28 bits per heavy atom. The molecule has 1 aliphatic rings. The molecule has 0 unspecified atom stereocenters. The molecule has 0 spiro atoms. The summed E-state index contributed by atoms with van der Waals surface area (Å²) in [6.07, 6.45) is 3.33. The Morgan fingerprint density at radius 2 is 1.89 bits per heavy atom. The number of nitrogens with two attached hydrogens (primary N) is 1. The van der Waals surface area contributed by atoms with Crippen molar-refractivity contribution in [1.82, 2.24) is 10.0 Å². The van der Waals surface area contributed by atoms with E-state index in [4.69, 9.17) is 5.73 Å². The van der Waals surface area contributed by atoms with Gasteiger partial charge < -0.3 is 11.1 Å². The van der Waals surface area contributed by atoms with Crippen molar-refractivity contribution in [1.29, 1.82) is 0 Å². The molecule has 1 aliphatic carbocycles. The van der Waals surface area contributed by atoms with Crippen LogP contribution in [0.3, 0.4) is 0 Å². The Morgan fingerprint density at radius 3 is 2.44 bits per heavy atom. The summed E-state index contributed by atoms with van der Waals surface area (Å²) in [7, 11) is -3.25. The van der Waals surface area contributed by atoms with Gasteiger partial charge in [-0.05, 0) is 25.7 Å². The third-order valence-corrected chi connectivity index (χ3v) is 4.65. The number of sulfonamides is 1. The second kappa shape index (κ2) is 7.06. The first-order valence-corrected chi connectivity index (χ1v) is 8.10. The van der Waals surface area contributed by atoms with Crippen molar-refractivity contribution in [2.45, 2.75) is 38.6 Å². The number of nitrogens with one attached hydrogen (secondary N) is 2. The molecule has 6 nitrogen and oxygen atoms in total. The van der Waals surface area contributed by atoms with Crippen LogP contribution in [0.15, 0.2) is 0 Å². The predicted octanol–water partition coefficient (Wildman–Crippen LogP) is -0.441. The van der Waals surface area contributed by atoms with E-state index >= 15 is 0 Å². The molecule has 0 atom stereocenters. The molecule has 0 aromatic rings. The fourth-order valence-corrected chi connectivity index (χ4v) is 3.08.